The number of aromatic nitrogens is 1. The number of halogens is 3. The summed E-state index contributed by atoms with van der Waals surface area (Å²) in [6.07, 6.45) is 1.47. The molecular weight excluding hydrogens is 704 g/mol. The summed E-state index contributed by atoms with van der Waals surface area (Å²) in [6, 6.07) is 18.1. The quantitative estimate of drug-likeness (QED) is 0.153. The van der Waals surface area contributed by atoms with Crippen molar-refractivity contribution in [3.8, 4) is 17.2 Å². The number of carbonyl (C=O) groups excluding carboxylic acids is 1. The fraction of sp³-hybridized carbons (Fsp3) is 0.351. The van der Waals surface area contributed by atoms with Crippen LogP contribution in [-0.4, -0.2) is 63.9 Å². The number of hydrogen-bond donors (Lipinski definition) is 0. The maximum atomic E-state index is 15.9. The molecule has 0 saturated carbocycles. The van der Waals surface area contributed by atoms with Gasteiger partial charge in [-0.05, 0) is 75.1 Å². The number of sulfonamides is 1. The highest BCUT2D eigenvalue weighted by Gasteiger charge is 2.36. The van der Waals surface area contributed by atoms with Gasteiger partial charge in [-0.1, -0.05) is 29.8 Å². The molecule has 1 aliphatic heterocycles. The van der Waals surface area contributed by atoms with Crippen LogP contribution >= 0.6 is 11.6 Å². The number of methoxy groups -OCH3 is 2. The van der Waals surface area contributed by atoms with E-state index in [0.717, 1.165) is 15.9 Å². The first-order chi connectivity index (χ1) is 24.2. The number of piperidine rings is 1. The maximum Gasteiger partial charge on any atom is 0.410 e. The molecule has 1 saturated heterocycles. The zero-order valence-corrected chi connectivity index (χ0v) is 30.5. The van der Waals surface area contributed by atoms with Crippen molar-refractivity contribution < 1.29 is 40.9 Å². The Labute approximate surface area is 301 Å². The van der Waals surface area contributed by atoms with Crippen LogP contribution in [0.1, 0.15) is 44.2 Å². The lowest BCUT2D eigenvalue weighted by Gasteiger charge is -2.39. The summed E-state index contributed by atoms with van der Waals surface area (Å²) in [7, 11) is -1.83. The monoisotopic (exact) mass is 743 g/mol. The van der Waals surface area contributed by atoms with Crippen molar-refractivity contribution in [2.24, 2.45) is 5.92 Å². The minimum absolute atomic E-state index is 0.0180. The third kappa shape index (κ3) is 9.01. The van der Waals surface area contributed by atoms with Crippen molar-refractivity contribution in [2.75, 3.05) is 38.2 Å². The van der Waals surface area contributed by atoms with Crippen LogP contribution in [0.5, 0.6) is 17.2 Å². The van der Waals surface area contributed by atoms with Crippen molar-refractivity contribution in [1.29, 1.82) is 0 Å². The van der Waals surface area contributed by atoms with Gasteiger partial charge in [-0.2, -0.15) is 0 Å². The lowest BCUT2D eigenvalue weighted by atomic mass is 9.81. The number of amides is 1. The van der Waals surface area contributed by atoms with Crippen molar-refractivity contribution in [1.82, 2.24) is 9.88 Å². The Kier molecular flexibility index (Phi) is 11.6. The van der Waals surface area contributed by atoms with E-state index >= 15 is 8.78 Å². The van der Waals surface area contributed by atoms with E-state index in [2.05, 4.69) is 4.98 Å². The van der Waals surface area contributed by atoms with E-state index < -0.39 is 44.0 Å². The molecule has 1 fully saturated rings. The average Bonchev–Trinajstić information content (AvgIpc) is 3.10. The summed E-state index contributed by atoms with van der Waals surface area (Å²) in [6.45, 7) is 5.56. The minimum Gasteiger partial charge on any atom is -0.497 e. The van der Waals surface area contributed by atoms with Crippen molar-refractivity contribution in [2.45, 2.75) is 50.2 Å². The predicted octanol–water partition coefficient (Wildman–Crippen LogP) is 7.85. The fourth-order valence-corrected chi connectivity index (χ4v) is 7.49. The Morgan fingerprint density at radius 1 is 0.980 bits per heavy atom. The molecule has 1 aliphatic rings. The number of hydrogen-bond acceptors (Lipinski definition) is 8. The molecule has 1 aromatic heterocycles. The van der Waals surface area contributed by atoms with Gasteiger partial charge in [0.05, 0.1) is 27.4 Å². The van der Waals surface area contributed by atoms with Crippen LogP contribution < -0.4 is 18.5 Å². The second kappa shape index (κ2) is 15.7. The van der Waals surface area contributed by atoms with Gasteiger partial charge < -0.3 is 23.8 Å². The van der Waals surface area contributed by atoms with E-state index in [1.54, 1.807) is 68.1 Å². The van der Waals surface area contributed by atoms with Crippen LogP contribution in [0.2, 0.25) is 5.02 Å². The van der Waals surface area contributed by atoms with Gasteiger partial charge in [0, 0.05) is 54.0 Å². The first kappa shape index (κ1) is 37.6. The molecule has 4 aromatic rings. The number of carbonyl (C=O) groups is 1. The summed E-state index contributed by atoms with van der Waals surface area (Å²) >= 11 is 6.12. The summed E-state index contributed by atoms with van der Waals surface area (Å²) in [5.74, 6) is -2.44. The van der Waals surface area contributed by atoms with Crippen molar-refractivity contribution in [3.05, 3.63) is 107 Å². The third-order valence-corrected chi connectivity index (χ3v) is 10.4. The molecule has 0 bridgehead atoms. The molecule has 2 atom stereocenters. The van der Waals surface area contributed by atoms with Crippen LogP contribution in [0.15, 0.2) is 83.9 Å². The first-order valence-corrected chi connectivity index (χ1v) is 18.0. The maximum absolute atomic E-state index is 15.9. The highest BCUT2D eigenvalue weighted by atomic mass is 35.5. The molecule has 5 rings (SSSR count). The Morgan fingerprint density at radius 3 is 2.37 bits per heavy atom. The number of anilines is 1. The zero-order valence-electron chi connectivity index (χ0n) is 28.9. The number of pyridine rings is 1. The Bertz CT molecular complexity index is 1940. The molecule has 0 unspecified atom stereocenters. The van der Waals surface area contributed by atoms with Gasteiger partial charge in [-0.15, -0.1) is 0 Å². The van der Waals surface area contributed by atoms with Gasteiger partial charge >= 0.3 is 6.09 Å². The lowest BCUT2D eigenvalue weighted by Crippen LogP contribution is -2.46. The molecule has 10 nitrogen and oxygen atoms in total. The zero-order chi connectivity index (χ0) is 36.9. The SMILES string of the molecule is COc1ccc(CN(c2ccccn2)S(=O)(=O)c2cc(F)c(OC[C@@H]3CN(C(=O)OC(C)(C)C)CC[C@H]3c3ccc(Cl)cc3)cc2F)c(OC)c1. The number of ether oxygens (including phenoxy) is 4. The summed E-state index contributed by atoms with van der Waals surface area (Å²) < 4.78 is 82.8. The molecule has 2 heterocycles. The molecule has 51 heavy (non-hydrogen) atoms. The van der Waals surface area contributed by atoms with Gasteiger partial charge in [0.25, 0.3) is 10.0 Å². The van der Waals surface area contributed by atoms with Gasteiger partial charge in [-0.25, -0.2) is 31.3 Å². The Balaban J connectivity index is 1.42. The molecule has 0 radical (unpaired) electrons. The van der Waals surface area contributed by atoms with Gasteiger partial charge in [0.15, 0.2) is 11.6 Å². The summed E-state index contributed by atoms with van der Waals surface area (Å²) in [5.41, 5.74) is 0.677. The Hall–Kier alpha value is -4.62. The first-order valence-electron chi connectivity index (χ1n) is 16.2. The number of benzene rings is 3. The fourth-order valence-electron chi connectivity index (χ4n) is 5.90. The van der Waals surface area contributed by atoms with Crippen molar-refractivity contribution >= 4 is 33.5 Å². The Morgan fingerprint density at radius 2 is 1.73 bits per heavy atom. The van der Waals surface area contributed by atoms with Gasteiger partial charge in [0.2, 0.25) is 0 Å². The number of nitrogens with zero attached hydrogens (tertiary/aromatic N) is 3. The van der Waals surface area contributed by atoms with E-state index in [-0.39, 0.29) is 37.4 Å². The molecule has 0 N–H and O–H groups in total. The van der Waals surface area contributed by atoms with Gasteiger partial charge in [0.1, 0.15) is 33.6 Å². The second-order valence-corrected chi connectivity index (χ2v) is 15.3. The van der Waals surface area contributed by atoms with E-state index in [9.17, 15) is 13.2 Å². The highest BCUT2D eigenvalue weighted by molar-refractivity contribution is 7.92. The molecule has 0 spiro atoms. The van der Waals surface area contributed by atoms with Crippen LogP contribution in [0.3, 0.4) is 0 Å². The van der Waals surface area contributed by atoms with E-state index in [0.29, 0.717) is 41.1 Å². The van der Waals surface area contributed by atoms with Crippen LogP contribution in [-0.2, 0) is 21.3 Å². The average molecular weight is 744 g/mol. The smallest absolute Gasteiger partial charge is 0.410 e. The molecular formula is C37H40ClF2N3O7S. The van der Waals surface area contributed by atoms with E-state index in [1.165, 1.54) is 26.5 Å². The van der Waals surface area contributed by atoms with Crippen molar-refractivity contribution in [3.63, 3.8) is 0 Å². The molecule has 1 amide bonds. The van der Waals surface area contributed by atoms with Crippen LogP contribution in [0.4, 0.5) is 19.4 Å². The molecule has 14 heteroatoms. The molecule has 272 valence electrons. The van der Waals surface area contributed by atoms with E-state index in [1.807, 2.05) is 12.1 Å². The minimum atomic E-state index is -4.73. The number of rotatable bonds is 11. The topological polar surface area (TPSA) is 108 Å². The third-order valence-electron chi connectivity index (χ3n) is 8.40. The largest absolute Gasteiger partial charge is 0.497 e. The summed E-state index contributed by atoms with van der Waals surface area (Å²) in [5, 5.41) is 0.565. The predicted molar refractivity (Wildman–Crippen MR) is 189 cm³/mol. The standard InChI is InChI=1S/C37H40ClF2N3O7S/c1-37(2,3)50-36(44)42-17-15-29(24-9-12-27(38)13-10-24)26(21-42)23-49-33-19-31(40)34(20-30(33)39)51(45,46)43(35-8-6-7-16-41-35)22-25-11-14-28(47-4)18-32(25)48-5/h6-14,16,18-20,26,29H,15,17,21-23H2,1-5H3/t26-,29-/m0/s1. The second-order valence-electron chi connectivity index (χ2n) is 13.0. The molecule has 3 aromatic carbocycles. The lowest BCUT2D eigenvalue weighted by molar-refractivity contribution is 0.0110. The number of likely N-dealkylation sites (tertiary alicyclic amines) is 1. The molecule has 0 aliphatic carbocycles. The van der Waals surface area contributed by atoms with Gasteiger partial charge in [-0.3, -0.25) is 0 Å². The normalized spacial score (nSPS) is 16.4. The van der Waals surface area contributed by atoms with E-state index in [4.69, 9.17) is 30.5 Å². The van der Waals surface area contributed by atoms with Crippen LogP contribution in [0.25, 0.3) is 0 Å². The highest BCUT2D eigenvalue weighted by Crippen LogP contribution is 2.37. The van der Waals surface area contributed by atoms with Crippen LogP contribution in [0, 0.1) is 17.6 Å². The summed E-state index contributed by atoms with van der Waals surface area (Å²) in [4.78, 5) is 17.8.